The van der Waals surface area contributed by atoms with Crippen LogP contribution in [-0.4, -0.2) is 37.7 Å². The summed E-state index contributed by atoms with van der Waals surface area (Å²) in [4.78, 5) is 8.66. The Kier molecular flexibility index (Phi) is 10.1. The van der Waals surface area contributed by atoms with Crippen LogP contribution >= 0.6 is 24.0 Å². The van der Waals surface area contributed by atoms with Crippen molar-refractivity contribution in [3.8, 4) is 11.5 Å². The normalized spacial score (nSPS) is 11.0. The first-order valence-electron chi connectivity index (χ1n) is 7.85. The van der Waals surface area contributed by atoms with Gasteiger partial charge in [-0.2, -0.15) is 0 Å². The lowest BCUT2D eigenvalue weighted by molar-refractivity contribution is 0.145. The molecule has 7 heteroatoms. The van der Waals surface area contributed by atoms with Gasteiger partial charge in [-0.15, -0.1) is 24.0 Å². The maximum atomic E-state index is 5.51. The molecule has 0 spiro atoms. The monoisotopic (exact) mass is 444 g/mol. The van der Waals surface area contributed by atoms with Crippen molar-refractivity contribution in [3.05, 3.63) is 42.3 Å². The van der Waals surface area contributed by atoms with Gasteiger partial charge in [0.15, 0.2) is 5.96 Å². The van der Waals surface area contributed by atoms with Crippen LogP contribution in [-0.2, 0) is 11.3 Å². The maximum Gasteiger partial charge on any atom is 0.226 e. The molecule has 24 heavy (non-hydrogen) atoms. The van der Waals surface area contributed by atoms with Gasteiger partial charge in [-0.05, 0) is 25.5 Å². The molecule has 0 fully saturated rings. The highest BCUT2D eigenvalue weighted by molar-refractivity contribution is 14.0. The minimum atomic E-state index is 0. The molecule has 2 rings (SSSR count). The van der Waals surface area contributed by atoms with Gasteiger partial charge >= 0.3 is 0 Å². The molecule has 0 atom stereocenters. The number of nitrogens with zero attached hydrogens (tertiary/aromatic N) is 2. The number of aliphatic imine (C=N–C) groups is 1. The first-order valence-corrected chi connectivity index (χ1v) is 7.85. The van der Waals surface area contributed by atoms with E-state index in [1.54, 1.807) is 13.3 Å². The van der Waals surface area contributed by atoms with E-state index in [9.17, 15) is 0 Å². The van der Waals surface area contributed by atoms with Gasteiger partial charge in [-0.3, -0.25) is 4.99 Å². The molecule has 0 saturated carbocycles. The second-order valence-electron chi connectivity index (χ2n) is 4.91. The van der Waals surface area contributed by atoms with Gasteiger partial charge in [-0.1, -0.05) is 18.2 Å². The predicted octanol–water partition coefficient (Wildman–Crippen LogP) is 3.05. The lowest BCUT2D eigenvalue weighted by Gasteiger charge is -2.10. The number of hydrogen-bond donors (Lipinski definition) is 2. The molecule has 0 aliphatic heterocycles. The molecule has 1 heterocycles. The first-order chi connectivity index (χ1) is 11.3. The van der Waals surface area contributed by atoms with Gasteiger partial charge in [-0.25, -0.2) is 4.98 Å². The highest BCUT2D eigenvalue weighted by Crippen LogP contribution is 2.17. The number of benzene rings is 1. The fraction of sp³-hybridized carbons (Fsp3) is 0.412. The SMILES string of the molecule is CCOCCCNC(=NC)NCc1coc(-c2ccccc2)n1.I. The van der Waals surface area contributed by atoms with Crippen LogP contribution in [0, 0.1) is 0 Å². The van der Waals surface area contributed by atoms with Crippen LogP contribution in [0.15, 0.2) is 46.0 Å². The highest BCUT2D eigenvalue weighted by Gasteiger charge is 2.06. The van der Waals surface area contributed by atoms with Gasteiger partial charge < -0.3 is 19.8 Å². The Balaban J connectivity index is 0.00000288. The molecule has 0 saturated heterocycles. The van der Waals surface area contributed by atoms with E-state index in [1.165, 1.54) is 0 Å². The van der Waals surface area contributed by atoms with Crippen LogP contribution in [0.5, 0.6) is 0 Å². The van der Waals surface area contributed by atoms with E-state index < -0.39 is 0 Å². The van der Waals surface area contributed by atoms with Crippen LogP contribution < -0.4 is 10.6 Å². The molecular formula is C17H25IN4O2. The largest absolute Gasteiger partial charge is 0.444 e. The molecule has 2 aromatic rings. The minimum Gasteiger partial charge on any atom is -0.444 e. The summed E-state index contributed by atoms with van der Waals surface area (Å²) in [5.74, 6) is 1.37. The summed E-state index contributed by atoms with van der Waals surface area (Å²) >= 11 is 0. The zero-order chi connectivity index (χ0) is 16.3. The third-order valence-electron chi connectivity index (χ3n) is 3.20. The molecule has 0 aliphatic rings. The molecule has 0 aliphatic carbocycles. The number of hydrogen-bond acceptors (Lipinski definition) is 4. The van der Waals surface area contributed by atoms with Gasteiger partial charge in [0.05, 0.1) is 12.2 Å². The topological polar surface area (TPSA) is 71.7 Å². The van der Waals surface area contributed by atoms with Crippen LogP contribution in [0.25, 0.3) is 11.5 Å². The van der Waals surface area contributed by atoms with E-state index in [0.29, 0.717) is 12.4 Å². The Morgan fingerprint density at radius 1 is 1.25 bits per heavy atom. The minimum absolute atomic E-state index is 0. The molecule has 0 bridgehead atoms. The quantitative estimate of drug-likeness (QED) is 0.284. The molecule has 2 N–H and O–H groups in total. The molecule has 0 unspecified atom stereocenters. The number of oxazole rings is 1. The first kappa shape index (κ1) is 20.4. The van der Waals surface area contributed by atoms with E-state index in [-0.39, 0.29) is 24.0 Å². The smallest absolute Gasteiger partial charge is 0.226 e. The Morgan fingerprint density at radius 3 is 2.75 bits per heavy atom. The number of ether oxygens (including phenoxy) is 1. The van der Waals surface area contributed by atoms with Crippen molar-refractivity contribution in [1.82, 2.24) is 15.6 Å². The number of nitrogens with one attached hydrogen (secondary N) is 2. The Morgan fingerprint density at radius 2 is 2.04 bits per heavy atom. The van der Waals surface area contributed by atoms with Crippen molar-refractivity contribution >= 4 is 29.9 Å². The van der Waals surface area contributed by atoms with Gasteiger partial charge in [0.2, 0.25) is 5.89 Å². The molecule has 1 aromatic carbocycles. The number of rotatable bonds is 8. The standard InChI is InChI=1S/C17H24N4O2.HI/c1-3-22-11-7-10-19-17(18-2)20-12-15-13-23-16(21-15)14-8-5-4-6-9-14;/h4-6,8-9,13H,3,7,10-12H2,1-2H3,(H2,18,19,20);1H. The zero-order valence-corrected chi connectivity index (χ0v) is 16.4. The summed E-state index contributed by atoms with van der Waals surface area (Å²) < 4.78 is 10.8. The van der Waals surface area contributed by atoms with E-state index in [4.69, 9.17) is 9.15 Å². The van der Waals surface area contributed by atoms with Crippen molar-refractivity contribution < 1.29 is 9.15 Å². The Labute approximate surface area is 160 Å². The van der Waals surface area contributed by atoms with Crippen LogP contribution in [0.2, 0.25) is 0 Å². The van der Waals surface area contributed by atoms with E-state index in [1.807, 2.05) is 37.3 Å². The number of halogens is 1. The number of aromatic nitrogens is 1. The summed E-state index contributed by atoms with van der Waals surface area (Å²) in [6, 6.07) is 9.84. The summed E-state index contributed by atoms with van der Waals surface area (Å²) in [7, 11) is 1.75. The van der Waals surface area contributed by atoms with Crippen LogP contribution in [0.4, 0.5) is 0 Å². The van der Waals surface area contributed by atoms with Crippen LogP contribution in [0.3, 0.4) is 0 Å². The van der Waals surface area contributed by atoms with Gasteiger partial charge in [0, 0.05) is 32.4 Å². The molecule has 6 nitrogen and oxygen atoms in total. The van der Waals surface area contributed by atoms with Gasteiger partial charge in [0.25, 0.3) is 0 Å². The molecule has 0 radical (unpaired) electrons. The lowest BCUT2D eigenvalue weighted by atomic mass is 10.2. The lowest BCUT2D eigenvalue weighted by Crippen LogP contribution is -2.37. The maximum absolute atomic E-state index is 5.51. The number of guanidine groups is 1. The van der Waals surface area contributed by atoms with Crippen molar-refractivity contribution in [2.45, 2.75) is 19.9 Å². The van der Waals surface area contributed by atoms with Crippen molar-refractivity contribution in [3.63, 3.8) is 0 Å². The van der Waals surface area contributed by atoms with Gasteiger partial charge in [0.1, 0.15) is 6.26 Å². The Bertz CT molecular complexity index is 602. The van der Waals surface area contributed by atoms with E-state index in [0.717, 1.165) is 43.4 Å². The van der Waals surface area contributed by atoms with E-state index in [2.05, 4.69) is 20.6 Å². The molecule has 0 amide bonds. The fourth-order valence-corrected chi connectivity index (χ4v) is 2.02. The summed E-state index contributed by atoms with van der Waals surface area (Å²) in [5, 5.41) is 6.45. The fourth-order valence-electron chi connectivity index (χ4n) is 2.02. The molecule has 1 aromatic heterocycles. The molecular weight excluding hydrogens is 419 g/mol. The second-order valence-corrected chi connectivity index (χ2v) is 4.91. The van der Waals surface area contributed by atoms with Crippen molar-refractivity contribution in [1.29, 1.82) is 0 Å². The third kappa shape index (κ3) is 6.88. The third-order valence-corrected chi connectivity index (χ3v) is 3.20. The van der Waals surface area contributed by atoms with E-state index >= 15 is 0 Å². The zero-order valence-electron chi connectivity index (χ0n) is 14.1. The average molecular weight is 444 g/mol. The summed E-state index contributed by atoms with van der Waals surface area (Å²) in [6.45, 7) is 4.87. The summed E-state index contributed by atoms with van der Waals surface area (Å²) in [5.41, 5.74) is 1.80. The van der Waals surface area contributed by atoms with Crippen LogP contribution in [0.1, 0.15) is 19.0 Å². The van der Waals surface area contributed by atoms with Crippen molar-refractivity contribution in [2.75, 3.05) is 26.8 Å². The Hall–Kier alpha value is -1.61. The second kappa shape index (κ2) is 11.9. The molecule has 132 valence electrons. The predicted molar refractivity (Wildman–Crippen MR) is 107 cm³/mol. The van der Waals surface area contributed by atoms with Crippen molar-refractivity contribution in [2.24, 2.45) is 4.99 Å². The highest BCUT2D eigenvalue weighted by atomic mass is 127. The summed E-state index contributed by atoms with van der Waals surface area (Å²) in [6.07, 6.45) is 2.61. The average Bonchev–Trinajstić information content (AvgIpc) is 3.07.